The number of carbonyl (C=O) groups excluding carboxylic acids is 6. The maximum Gasteiger partial charge on any atom is 0.416 e. The van der Waals surface area contributed by atoms with Gasteiger partial charge in [0.15, 0.2) is 35.5 Å². The van der Waals surface area contributed by atoms with Crippen LogP contribution in [0.4, 0.5) is 26.7 Å². The second kappa shape index (κ2) is 25.5. The van der Waals surface area contributed by atoms with Crippen LogP contribution in [-0.2, 0) is 35.2 Å². The van der Waals surface area contributed by atoms with Crippen LogP contribution in [0.2, 0.25) is 0 Å². The van der Waals surface area contributed by atoms with E-state index in [1.165, 1.54) is 62.3 Å². The number of hydrogen-bond donors (Lipinski definition) is 6. The number of ether oxygens (including phenoxy) is 7. The van der Waals surface area contributed by atoms with Gasteiger partial charge in [-0.05, 0) is 55.5 Å². The molecule has 4 aliphatic heterocycles. The Bertz CT molecular complexity index is 2790. The van der Waals surface area contributed by atoms with Crippen LogP contribution in [0.5, 0.6) is 23.0 Å². The average Bonchev–Trinajstić information content (AvgIpc) is 4.19. The van der Waals surface area contributed by atoms with Gasteiger partial charge in [0, 0.05) is 50.9 Å². The zero-order valence-electron chi connectivity index (χ0n) is 44.4. The van der Waals surface area contributed by atoms with Crippen molar-refractivity contribution in [3.05, 3.63) is 89.5 Å². The first-order valence-corrected chi connectivity index (χ1v) is 25.3. The van der Waals surface area contributed by atoms with Gasteiger partial charge in [0.2, 0.25) is 17.7 Å². The second-order valence-electron chi connectivity index (χ2n) is 19.5. The second-order valence-corrected chi connectivity index (χ2v) is 19.5. The van der Waals surface area contributed by atoms with Crippen LogP contribution >= 0.6 is 0 Å². The Morgan fingerprint density at radius 3 is 1.74 bits per heavy atom. The summed E-state index contributed by atoms with van der Waals surface area (Å²) in [7, 11) is 4.28. The molecule has 4 aliphatic rings. The molecule has 7 amide bonds. The highest BCUT2D eigenvalue weighted by molar-refractivity contribution is 6.07. The summed E-state index contributed by atoms with van der Waals surface area (Å²) in [6.45, 7) is 13.8. The number of fused-ring (bicyclic) bond motifs is 4. The van der Waals surface area contributed by atoms with Crippen LogP contribution in [0, 0.1) is 5.92 Å². The molecule has 78 heavy (non-hydrogen) atoms. The zero-order valence-corrected chi connectivity index (χ0v) is 44.4. The van der Waals surface area contributed by atoms with Gasteiger partial charge in [-0.3, -0.25) is 24.0 Å². The Labute approximate surface area is 450 Å². The predicted octanol–water partition coefficient (Wildman–Crippen LogP) is 4.02. The molecule has 6 N–H and O–H groups in total. The van der Waals surface area contributed by atoms with E-state index >= 15 is 0 Å². The van der Waals surface area contributed by atoms with Gasteiger partial charge in [-0.15, -0.1) is 0 Å². The topological polar surface area (TPSA) is 294 Å². The number of rotatable bonds is 22. The van der Waals surface area contributed by atoms with Crippen molar-refractivity contribution < 1.29 is 82.0 Å². The van der Waals surface area contributed by atoms with E-state index < -0.39 is 72.4 Å². The van der Waals surface area contributed by atoms with Gasteiger partial charge < -0.3 is 74.2 Å². The van der Waals surface area contributed by atoms with Gasteiger partial charge in [0.05, 0.1) is 81.8 Å². The number of carbonyl (C=O) groups is 7. The van der Waals surface area contributed by atoms with Crippen LogP contribution in [0.3, 0.4) is 0 Å². The average molecular weight is 1090 g/mol. The van der Waals surface area contributed by atoms with Crippen molar-refractivity contribution in [2.24, 2.45) is 5.92 Å². The van der Waals surface area contributed by atoms with Crippen molar-refractivity contribution in [3.8, 4) is 23.0 Å². The molecule has 24 heteroatoms. The van der Waals surface area contributed by atoms with Crippen molar-refractivity contribution in [2.75, 3.05) is 82.6 Å². The van der Waals surface area contributed by atoms with E-state index in [9.17, 15) is 48.9 Å². The third-order valence-corrected chi connectivity index (χ3v) is 13.6. The minimum absolute atomic E-state index is 0.00454. The number of anilines is 3. The summed E-state index contributed by atoms with van der Waals surface area (Å²) in [4.78, 5) is 98.0. The lowest BCUT2D eigenvalue weighted by atomic mass is 10.0. The Balaban J connectivity index is 0.994. The van der Waals surface area contributed by atoms with Crippen LogP contribution in [0.1, 0.15) is 72.7 Å². The third-order valence-electron chi connectivity index (χ3n) is 13.6. The number of methoxy groups -OCH3 is 3. The fourth-order valence-corrected chi connectivity index (χ4v) is 9.51. The molecule has 0 saturated carbocycles. The van der Waals surface area contributed by atoms with E-state index in [1.54, 1.807) is 38.1 Å². The highest BCUT2D eigenvalue weighted by Gasteiger charge is 2.48. The number of nitrogens with one attached hydrogen (secondary N) is 3. The predicted molar refractivity (Wildman–Crippen MR) is 281 cm³/mol. The van der Waals surface area contributed by atoms with E-state index in [4.69, 9.17) is 33.2 Å². The third kappa shape index (κ3) is 12.9. The van der Waals surface area contributed by atoms with Crippen molar-refractivity contribution in [1.82, 2.24) is 20.4 Å². The lowest BCUT2D eigenvalue weighted by Gasteiger charge is -2.31. The molecule has 3 aromatic carbocycles. The molecule has 0 aliphatic carbocycles. The molecule has 2 fully saturated rings. The van der Waals surface area contributed by atoms with Crippen molar-refractivity contribution in [3.63, 3.8) is 0 Å². The van der Waals surface area contributed by atoms with Crippen LogP contribution in [0.15, 0.2) is 72.8 Å². The molecular weight excluding hydrogens is 1020 g/mol. The van der Waals surface area contributed by atoms with Crippen LogP contribution in [-0.4, -0.2) is 171 Å². The Morgan fingerprint density at radius 1 is 0.692 bits per heavy atom. The number of nitrogens with zero attached hydrogens (tertiary/aromatic N) is 4. The first-order chi connectivity index (χ1) is 37.3. The highest BCUT2D eigenvalue weighted by atomic mass is 16.6. The Kier molecular flexibility index (Phi) is 18.9. The molecular formula is C54H67N7O17. The van der Waals surface area contributed by atoms with Gasteiger partial charge in [0.1, 0.15) is 18.7 Å². The number of carboxylic acid groups (broad SMARTS) is 1. The first-order valence-electron chi connectivity index (χ1n) is 25.3. The first kappa shape index (κ1) is 57.8. The molecule has 24 nitrogen and oxygen atoms in total. The van der Waals surface area contributed by atoms with Gasteiger partial charge in [-0.25, -0.2) is 19.4 Å². The quantitative estimate of drug-likeness (QED) is 0.0612. The van der Waals surface area contributed by atoms with E-state index in [0.717, 1.165) is 9.80 Å². The van der Waals surface area contributed by atoms with Crippen LogP contribution < -0.4 is 44.7 Å². The largest absolute Gasteiger partial charge is 0.493 e. The molecule has 3 aromatic rings. The van der Waals surface area contributed by atoms with E-state index in [2.05, 4.69) is 29.1 Å². The number of hydrogen-bond acceptors (Lipinski definition) is 16. The fraction of sp³-hybridized carbons (Fsp3) is 0.463. The summed E-state index contributed by atoms with van der Waals surface area (Å²) >= 11 is 0. The summed E-state index contributed by atoms with van der Waals surface area (Å²) < 4.78 is 39.4. The molecule has 6 atom stereocenters. The van der Waals surface area contributed by atoms with E-state index in [-0.39, 0.29) is 123 Å². The molecule has 4 heterocycles. The number of aliphatic hydroxyl groups is 2. The number of benzene rings is 3. The Morgan fingerprint density at radius 2 is 1.23 bits per heavy atom. The maximum atomic E-state index is 14.2. The molecule has 0 aromatic heterocycles. The van der Waals surface area contributed by atoms with E-state index in [0.29, 0.717) is 35.6 Å². The van der Waals surface area contributed by atoms with Gasteiger partial charge >= 0.3 is 12.2 Å². The van der Waals surface area contributed by atoms with Gasteiger partial charge in [-0.1, -0.05) is 50.3 Å². The SMILES string of the molecule is C=C1C[C@H]2[C@H](O)N(C(=O)O)c3cc(OCCCOc4cc5c(cc4OC)C(=O)N4CC(=C)C[C@H]4[C@H](O)N5C(=O)OCc4ccc(NC(=O)[C@H](C)NC(=O)[C@@H](NC(=O)CCOCCOC)C(C)C)cc4)c(OC)cc3C(=O)N2C1. The molecule has 0 unspecified atom stereocenters. The molecule has 420 valence electrons. The smallest absolute Gasteiger partial charge is 0.416 e. The van der Waals surface area contributed by atoms with Crippen molar-refractivity contribution in [1.29, 1.82) is 0 Å². The molecule has 0 spiro atoms. The summed E-state index contributed by atoms with van der Waals surface area (Å²) in [5.41, 5.74) is 2.13. The Hall–Kier alpha value is -7.93. The summed E-state index contributed by atoms with van der Waals surface area (Å²) in [5, 5.41) is 41.4. The lowest BCUT2D eigenvalue weighted by molar-refractivity contribution is -0.132. The number of aliphatic hydroxyl groups excluding tert-OH is 2. The van der Waals surface area contributed by atoms with Crippen molar-refractivity contribution in [2.45, 2.75) is 89.7 Å². The number of amides is 7. The normalized spacial score (nSPS) is 19.4. The molecule has 0 bridgehead atoms. The molecule has 7 rings (SSSR count). The minimum atomic E-state index is -1.59. The standard InChI is InChI=1S/C54H67N7O17/c1-29(2)46(57-45(62)14-17-75-19-18-72-6)48(64)55-32(5)47(63)56-34-12-10-33(11-13-34)28-78-54(71)61-38-25-44(42(74-8)23-36(38)50(66)59-27-31(4)21-40(59)52(61)68)77-16-9-15-76-43-24-37-35(22-41(43)73-7)49(65)58-26-30(3)20-39(58)51(67)60(37)53(69)70/h10-13,22-25,29,32,39-40,46,51-52,67-68H,3-4,9,14-21,26-28H2,1-2,5-8H3,(H,55,64)(H,56,63)(H,57,62)(H,69,70)/t32-,39-,40-,46-,51-,52-/m0/s1. The maximum absolute atomic E-state index is 14.2. The lowest BCUT2D eigenvalue weighted by Crippen LogP contribution is -2.53. The fourth-order valence-electron chi connectivity index (χ4n) is 9.51. The minimum Gasteiger partial charge on any atom is -0.493 e. The monoisotopic (exact) mass is 1090 g/mol. The van der Waals surface area contributed by atoms with Crippen molar-refractivity contribution >= 4 is 58.8 Å². The summed E-state index contributed by atoms with van der Waals surface area (Å²) in [5.74, 6) is -2.25. The van der Waals surface area contributed by atoms with E-state index in [1.807, 2.05) is 0 Å². The zero-order chi connectivity index (χ0) is 56.5. The van der Waals surface area contributed by atoms with Crippen LogP contribution in [0.25, 0.3) is 0 Å². The van der Waals surface area contributed by atoms with Gasteiger partial charge in [0.25, 0.3) is 11.8 Å². The summed E-state index contributed by atoms with van der Waals surface area (Å²) in [6, 6.07) is 8.27. The molecule has 0 radical (unpaired) electrons. The summed E-state index contributed by atoms with van der Waals surface area (Å²) in [6.07, 6.45) is -4.97. The highest BCUT2D eigenvalue weighted by Crippen LogP contribution is 2.44. The molecule has 2 saturated heterocycles. The van der Waals surface area contributed by atoms with Gasteiger partial charge in [-0.2, -0.15) is 0 Å².